The van der Waals surface area contributed by atoms with Crippen molar-refractivity contribution in [2.24, 2.45) is 0 Å². The zero-order chi connectivity index (χ0) is 11.5. The molecule has 86 valence electrons. The Morgan fingerprint density at radius 2 is 1.75 bits per heavy atom. The molecule has 1 nitrogen and oxygen atoms in total. The van der Waals surface area contributed by atoms with E-state index in [1.807, 2.05) is 12.1 Å². The first-order chi connectivity index (χ1) is 7.66. The van der Waals surface area contributed by atoms with Crippen LogP contribution in [0.1, 0.15) is 29.5 Å². The first-order valence-electron chi connectivity index (χ1n) is 5.81. The van der Waals surface area contributed by atoms with Gasteiger partial charge < -0.3 is 5.32 Å². The average molecular weight is 236 g/mol. The number of rotatable bonds is 3. The minimum atomic E-state index is 0.620. The van der Waals surface area contributed by atoms with Gasteiger partial charge in [0.25, 0.3) is 0 Å². The smallest absolute Gasteiger partial charge is 0.0411 e. The summed E-state index contributed by atoms with van der Waals surface area (Å²) < 4.78 is 0. The van der Waals surface area contributed by atoms with E-state index >= 15 is 0 Å². The van der Waals surface area contributed by atoms with Gasteiger partial charge in [-0.1, -0.05) is 23.8 Å². The number of halogens is 1. The molecule has 0 saturated carbocycles. The van der Waals surface area contributed by atoms with Crippen molar-refractivity contribution in [2.45, 2.75) is 39.3 Å². The van der Waals surface area contributed by atoms with Crippen LogP contribution in [0.25, 0.3) is 0 Å². The van der Waals surface area contributed by atoms with Crippen LogP contribution in [0.2, 0.25) is 5.02 Å². The molecular formula is C14H18ClN. The molecule has 1 aliphatic carbocycles. The van der Waals surface area contributed by atoms with Gasteiger partial charge in [0, 0.05) is 17.6 Å². The summed E-state index contributed by atoms with van der Waals surface area (Å²) in [5.74, 6) is 0. The van der Waals surface area contributed by atoms with Crippen LogP contribution in [0.15, 0.2) is 24.3 Å². The SMILES string of the molecule is Cc1cc(Cl)cc(C)c1CNC1CC=CC1. The summed E-state index contributed by atoms with van der Waals surface area (Å²) in [4.78, 5) is 0. The Balaban J connectivity index is 2.03. The van der Waals surface area contributed by atoms with E-state index in [1.165, 1.54) is 16.7 Å². The molecule has 0 amide bonds. The van der Waals surface area contributed by atoms with Crippen LogP contribution >= 0.6 is 11.6 Å². The van der Waals surface area contributed by atoms with Gasteiger partial charge in [-0.3, -0.25) is 0 Å². The predicted molar refractivity (Wildman–Crippen MR) is 69.9 cm³/mol. The van der Waals surface area contributed by atoms with Gasteiger partial charge in [-0.15, -0.1) is 0 Å². The van der Waals surface area contributed by atoms with Crippen molar-refractivity contribution in [3.05, 3.63) is 46.0 Å². The number of aryl methyl sites for hydroxylation is 2. The van der Waals surface area contributed by atoms with Crippen molar-refractivity contribution < 1.29 is 0 Å². The van der Waals surface area contributed by atoms with Gasteiger partial charge in [0.05, 0.1) is 0 Å². The standard InChI is InChI=1S/C14H18ClN/c1-10-7-12(15)8-11(2)14(10)9-16-13-5-3-4-6-13/h3-4,7-8,13,16H,5-6,9H2,1-2H3. The van der Waals surface area contributed by atoms with Crippen molar-refractivity contribution in [2.75, 3.05) is 0 Å². The highest BCUT2D eigenvalue weighted by atomic mass is 35.5. The molecule has 1 N–H and O–H groups in total. The lowest BCUT2D eigenvalue weighted by atomic mass is 10.0. The first-order valence-corrected chi connectivity index (χ1v) is 6.18. The molecule has 0 aromatic heterocycles. The van der Waals surface area contributed by atoms with Crippen LogP contribution in [0, 0.1) is 13.8 Å². The number of benzene rings is 1. The molecule has 2 heteroatoms. The van der Waals surface area contributed by atoms with Crippen LogP contribution in [0.5, 0.6) is 0 Å². The summed E-state index contributed by atoms with van der Waals surface area (Å²) in [7, 11) is 0. The molecule has 0 spiro atoms. The molecule has 0 saturated heterocycles. The lowest BCUT2D eigenvalue weighted by Gasteiger charge is -2.15. The summed E-state index contributed by atoms with van der Waals surface area (Å²) >= 11 is 6.02. The average Bonchev–Trinajstić information content (AvgIpc) is 2.68. The second-order valence-electron chi connectivity index (χ2n) is 4.54. The van der Waals surface area contributed by atoms with Crippen LogP contribution in [-0.4, -0.2) is 6.04 Å². The maximum absolute atomic E-state index is 6.02. The molecule has 0 aliphatic heterocycles. The van der Waals surface area contributed by atoms with E-state index in [-0.39, 0.29) is 0 Å². The van der Waals surface area contributed by atoms with E-state index in [9.17, 15) is 0 Å². The Kier molecular flexibility index (Phi) is 3.67. The lowest BCUT2D eigenvalue weighted by Crippen LogP contribution is -2.26. The van der Waals surface area contributed by atoms with E-state index in [0.29, 0.717) is 6.04 Å². The fourth-order valence-electron chi connectivity index (χ4n) is 2.25. The summed E-state index contributed by atoms with van der Waals surface area (Å²) in [6.07, 6.45) is 6.82. The molecule has 2 rings (SSSR count). The molecule has 1 aromatic carbocycles. The van der Waals surface area contributed by atoms with Crippen LogP contribution < -0.4 is 5.32 Å². The second kappa shape index (κ2) is 5.03. The van der Waals surface area contributed by atoms with E-state index in [2.05, 4.69) is 31.3 Å². The Bertz CT molecular complexity index is 378. The Hall–Kier alpha value is -0.790. The summed E-state index contributed by atoms with van der Waals surface area (Å²) in [6, 6.07) is 4.70. The number of hydrogen-bond acceptors (Lipinski definition) is 1. The Morgan fingerprint density at radius 3 is 2.31 bits per heavy atom. The van der Waals surface area contributed by atoms with Crippen molar-refractivity contribution in [3.8, 4) is 0 Å². The van der Waals surface area contributed by atoms with Crippen molar-refractivity contribution >= 4 is 11.6 Å². The van der Waals surface area contributed by atoms with E-state index in [4.69, 9.17) is 11.6 Å². The fraction of sp³-hybridized carbons (Fsp3) is 0.429. The molecule has 0 radical (unpaired) electrons. The third-order valence-electron chi connectivity index (χ3n) is 3.24. The highest BCUT2D eigenvalue weighted by Gasteiger charge is 2.11. The van der Waals surface area contributed by atoms with Gasteiger partial charge in [0.15, 0.2) is 0 Å². The van der Waals surface area contributed by atoms with E-state index < -0.39 is 0 Å². The highest BCUT2D eigenvalue weighted by Crippen LogP contribution is 2.20. The van der Waals surface area contributed by atoms with E-state index in [1.54, 1.807) is 0 Å². The third kappa shape index (κ3) is 2.66. The third-order valence-corrected chi connectivity index (χ3v) is 3.45. The van der Waals surface area contributed by atoms with Crippen LogP contribution in [0.3, 0.4) is 0 Å². The van der Waals surface area contributed by atoms with Crippen molar-refractivity contribution in [1.82, 2.24) is 5.32 Å². The van der Waals surface area contributed by atoms with Gasteiger partial charge >= 0.3 is 0 Å². The van der Waals surface area contributed by atoms with Crippen LogP contribution in [0.4, 0.5) is 0 Å². The molecular weight excluding hydrogens is 218 g/mol. The second-order valence-corrected chi connectivity index (χ2v) is 4.98. The van der Waals surface area contributed by atoms with E-state index in [0.717, 1.165) is 24.4 Å². The lowest BCUT2D eigenvalue weighted by molar-refractivity contribution is 0.536. The zero-order valence-corrected chi connectivity index (χ0v) is 10.6. The minimum Gasteiger partial charge on any atom is -0.309 e. The number of hydrogen-bond donors (Lipinski definition) is 1. The summed E-state index contributed by atoms with van der Waals surface area (Å²) in [6.45, 7) is 5.20. The van der Waals surface area contributed by atoms with Crippen molar-refractivity contribution in [3.63, 3.8) is 0 Å². The molecule has 0 heterocycles. The zero-order valence-electron chi connectivity index (χ0n) is 9.89. The fourth-order valence-corrected chi connectivity index (χ4v) is 2.58. The summed E-state index contributed by atoms with van der Waals surface area (Å²) in [5.41, 5.74) is 3.95. The van der Waals surface area contributed by atoms with Gasteiger partial charge in [-0.25, -0.2) is 0 Å². The maximum Gasteiger partial charge on any atom is 0.0411 e. The Labute approximate surface area is 103 Å². The monoisotopic (exact) mass is 235 g/mol. The normalized spacial score (nSPS) is 15.9. The topological polar surface area (TPSA) is 12.0 Å². The maximum atomic E-state index is 6.02. The molecule has 0 fully saturated rings. The summed E-state index contributed by atoms with van der Waals surface area (Å²) in [5, 5.41) is 4.43. The first kappa shape index (κ1) is 11.7. The Morgan fingerprint density at radius 1 is 1.19 bits per heavy atom. The molecule has 0 atom stereocenters. The molecule has 0 bridgehead atoms. The van der Waals surface area contributed by atoms with Gasteiger partial charge in [0.1, 0.15) is 0 Å². The minimum absolute atomic E-state index is 0.620. The van der Waals surface area contributed by atoms with Gasteiger partial charge in [-0.2, -0.15) is 0 Å². The predicted octanol–water partition coefficient (Wildman–Crippen LogP) is 3.77. The van der Waals surface area contributed by atoms with Gasteiger partial charge in [-0.05, 0) is 55.5 Å². The van der Waals surface area contributed by atoms with Crippen LogP contribution in [-0.2, 0) is 6.54 Å². The molecule has 16 heavy (non-hydrogen) atoms. The molecule has 1 aliphatic rings. The number of nitrogens with one attached hydrogen (secondary N) is 1. The largest absolute Gasteiger partial charge is 0.309 e. The quantitative estimate of drug-likeness (QED) is 0.787. The highest BCUT2D eigenvalue weighted by molar-refractivity contribution is 6.30. The van der Waals surface area contributed by atoms with Crippen molar-refractivity contribution in [1.29, 1.82) is 0 Å². The molecule has 1 aromatic rings. The molecule has 0 unspecified atom stereocenters. The van der Waals surface area contributed by atoms with Gasteiger partial charge in [0.2, 0.25) is 0 Å².